The number of anilines is 1. The van der Waals surface area contributed by atoms with Gasteiger partial charge in [-0.25, -0.2) is 9.97 Å². The standard InChI is InChI=1S/C22H17N5O/c28-20-11-5-4-10-18(20)22-25-19(17-8-2-1-3-9-17)13-21(26-22)27-24-15-16-7-6-12-23-14-16/h1-15,28H,(H,25,26,27)/b24-15-. The lowest BCUT2D eigenvalue weighted by atomic mass is 10.1. The van der Waals surface area contributed by atoms with Crippen molar-refractivity contribution >= 4 is 12.0 Å². The van der Waals surface area contributed by atoms with E-state index in [1.165, 1.54) is 0 Å². The van der Waals surface area contributed by atoms with E-state index >= 15 is 0 Å². The number of nitrogens with zero attached hydrogens (tertiary/aromatic N) is 4. The summed E-state index contributed by atoms with van der Waals surface area (Å²) in [6.45, 7) is 0. The van der Waals surface area contributed by atoms with Gasteiger partial charge in [0.2, 0.25) is 0 Å². The van der Waals surface area contributed by atoms with Gasteiger partial charge in [-0.2, -0.15) is 5.10 Å². The van der Waals surface area contributed by atoms with Crippen LogP contribution in [0.1, 0.15) is 5.56 Å². The van der Waals surface area contributed by atoms with E-state index in [0.717, 1.165) is 16.8 Å². The largest absolute Gasteiger partial charge is 0.507 e. The minimum absolute atomic E-state index is 0.123. The Morgan fingerprint density at radius 1 is 0.893 bits per heavy atom. The van der Waals surface area contributed by atoms with Crippen molar-refractivity contribution in [1.82, 2.24) is 15.0 Å². The van der Waals surface area contributed by atoms with E-state index in [4.69, 9.17) is 0 Å². The molecule has 6 heteroatoms. The molecule has 0 aliphatic heterocycles. The molecule has 4 aromatic rings. The lowest BCUT2D eigenvalue weighted by molar-refractivity contribution is 0.477. The lowest BCUT2D eigenvalue weighted by Gasteiger charge is -2.09. The van der Waals surface area contributed by atoms with Gasteiger partial charge in [-0.3, -0.25) is 10.4 Å². The van der Waals surface area contributed by atoms with Crippen molar-refractivity contribution in [2.75, 3.05) is 5.43 Å². The van der Waals surface area contributed by atoms with Gasteiger partial charge in [0.15, 0.2) is 11.6 Å². The Hall–Kier alpha value is -4.06. The number of benzene rings is 2. The van der Waals surface area contributed by atoms with Gasteiger partial charge in [0.1, 0.15) is 5.75 Å². The third kappa shape index (κ3) is 4.02. The van der Waals surface area contributed by atoms with Gasteiger partial charge >= 0.3 is 0 Å². The first-order chi connectivity index (χ1) is 13.8. The predicted molar refractivity (Wildman–Crippen MR) is 110 cm³/mol. The summed E-state index contributed by atoms with van der Waals surface area (Å²) in [6, 6.07) is 22.3. The van der Waals surface area contributed by atoms with Crippen LogP contribution in [-0.4, -0.2) is 26.3 Å². The number of hydrogen-bond acceptors (Lipinski definition) is 6. The molecular formula is C22H17N5O. The molecule has 0 unspecified atom stereocenters. The van der Waals surface area contributed by atoms with Crippen molar-refractivity contribution in [2.24, 2.45) is 5.10 Å². The number of phenols is 1. The second kappa shape index (κ2) is 8.09. The number of pyridine rings is 1. The van der Waals surface area contributed by atoms with E-state index in [2.05, 4.69) is 25.5 Å². The quantitative estimate of drug-likeness (QED) is 0.404. The molecule has 0 amide bonds. The van der Waals surface area contributed by atoms with Crippen LogP contribution in [0.5, 0.6) is 5.75 Å². The molecule has 0 aliphatic carbocycles. The Balaban J connectivity index is 1.72. The highest BCUT2D eigenvalue weighted by atomic mass is 16.3. The zero-order valence-corrected chi connectivity index (χ0v) is 14.9. The molecule has 4 rings (SSSR count). The van der Waals surface area contributed by atoms with Crippen LogP contribution in [0.3, 0.4) is 0 Å². The number of aromatic nitrogens is 3. The molecule has 0 atom stereocenters. The summed E-state index contributed by atoms with van der Waals surface area (Å²) in [6.07, 6.45) is 5.09. The van der Waals surface area contributed by atoms with Crippen LogP contribution in [-0.2, 0) is 0 Å². The van der Waals surface area contributed by atoms with Crippen molar-refractivity contribution in [1.29, 1.82) is 0 Å². The molecule has 0 radical (unpaired) electrons. The maximum atomic E-state index is 10.2. The van der Waals surface area contributed by atoms with Crippen molar-refractivity contribution < 1.29 is 5.11 Å². The molecule has 0 saturated carbocycles. The average Bonchev–Trinajstić information content (AvgIpc) is 2.75. The van der Waals surface area contributed by atoms with Crippen LogP contribution in [0.15, 0.2) is 90.3 Å². The number of aromatic hydroxyl groups is 1. The first-order valence-electron chi connectivity index (χ1n) is 8.71. The van der Waals surface area contributed by atoms with E-state index in [0.29, 0.717) is 17.2 Å². The minimum Gasteiger partial charge on any atom is -0.507 e. The number of hydrogen-bond donors (Lipinski definition) is 2. The second-order valence-corrected chi connectivity index (χ2v) is 6.00. The highest BCUT2D eigenvalue weighted by molar-refractivity contribution is 5.79. The number of para-hydroxylation sites is 1. The Kier molecular flexibility index (Phi) is 5.02. The predicted octanol–water partition coefficient (Wildman–Crippen LogP) is 4.36. The molecule has 6 nitrogen and oxygen atoms in total. The van der Waals surface area contributed by atoms with E-state index in [-0.39, 0.29) is 5.75 Å². The maximum absolute atomic E-state index is 10.2. The molecule has 0 fully saturated rings. The highest BCUT2D eigenvalue weighted by Crippen LogP contribution is 2.29. The fraction of sp³-hybridized carbons (Fsp3) is 0. The molecule has 2 N–H and O–H groups in total. The SMILES string of the molecule is Oc1ccccc1-c1nc(N/N=C\c2cccnc2)cc(-c2ccccc2)n1. The molecule has 0 spiro atoms. The molecule has 2 aromatic heterocycles. The van der Waals surface area contributed by atoms with E-state index in [1.807, 2.05) is 54.6 Å². The fourth-order valence-electron chi connectivity index (χ4n) is 2.67. The van der Waals surface area contributed by atoms with Gasteiger partial charge in [-0.1, -0.05) is 48.5 Å². The van der Waals surface area contributed by atoms with Crippen molar-refractivity contribution in [2.45, 2.75) is 0 Å². The van der Waals surface area contributed by atoms with Gasteiger partial charge < -0.3 is 5.11 Å². The third-order valence-corrected chi connectivity index (χ3v) is 4.02. The van der Waals surface area contributed by atoms with E-state index < -0.39 is 0 Å². The summed E-state index contributed by atoms with van der Waals surface area (Å²) in [7, 11) is 0. The van der Waals surface area contributed by atoms with Crippen LogP contribution in [0.25, 0.3) is 22.6 Å². The molecular weight excluding hydrogens is 350 g/mol. The zero-order chi connectivity index (χ0) is 19.2. The highest BCUT2D eigenvalue weighted by Gasteiger charge is 2.11. The maximum Gasteiger partial charge on any atom is 0.165 e. The Morgan fingerprint density at radius 2 is 1.71 bits per heavy atom. The van der Waals surface area contributed by atoms with Gasteiger partial charge in [-0.15, -0.1) is 0 Å². The minimum atomic E-state index is 0.123. The zero-order valence-electron chi connectivity index (χ0n) is 14.9. The lowest BCUT2D eigenvalue weighted by Crippen LogP contribution is -1.99. The third-order valence-electron chi connectivity index (χ3n) is 4.02. The molecule has 136 valence electrons. The van der Waals surface area contributed by atoms with Crippen LogP contribution in [0.2, 0.25) is 0 Å². The summed E-state index contributed by atoms with van der Waals surface area (Å²) in [5.74, 6) is 1.06. The van der Waals surface area contributed by atoms with Crippen LogP contribution in [0, 0.1) is 0 Å². The average molecular weight is 367 g/mol. The van der Waals surface area contributed by atoms with Crippen molar-refractivity contribution in [3.8, 4) is 28.4 Å². The summed E-state index contributed by atoms with van der Waals surface area (Å²) < 4.78 is 0. The summed E-state index contributed by atoms with van der Waals surface area (Å²) in [5, 5.41) is 14.4. The smallest absolute Gasteiger partial charge is 0.165 e. The molecule has 2 heterocycles. The number of phenolic OH excluding ortho intramolecular Hbond substituents is 1. The van der Waals surface area contributed by atoms with Gasteiger partial charge in [0, 0.05) is 29.6 Å². The molecule has 2 aromatic carbocycles. The summed E-state index contributed by atoms with van der Waals surface area (Å²) in [5.41, 5.74) is 6.04. The molecule has 0 bridgehead atoms. The van der Waals surface area contributed by atoms with Crippen LogP contribution >= 0.6 is 0 Å². The number of hydrazone groups is 1. The Bertz CT molecular complexity index is 1100. The van der Waals surface area contributed by atoms with Crippen molar-refractivity contribution in [3.63, 3.8) is 0 Å². The Labute approximate surface area is 162 Å². The summed E-state index contributed by atoms with van der Waals surface area (Å²) >= 11 is 0. The number of rotatable bonds is 5. The van der Waals surface area contributed by atoms with Crippen molar-refractivity contribution in [3.05, 3.63) is 90.8 Å². The van der Waals surface area contributed by atoms with E-state index in [9.17, 15) is 5.11 Å². The topological polar surface area (TPSA) is 83.3 Å². The Morgan fingerprint density at radius 3 is 2.50 bits per heavy atom. The fourth-order valence-corrected chi connectivity index (χ4v) is 2.67. The van der Waals surface area contributed by atoms with Gasteiger partial charge in [0.25, 0.3) is 0 Å². The van der Waals surface area contributed by atoms with Crippen LogP contribution < -0.4 is 5.43 Å². The summed E-state index contributed by atoms with van der Waals surface area (Å²) in [4.78, 5) is 13.2. The first kappa shape index (κ1) is 17.4. The van der Waals surface area contributed by atoms with Gasteiger partial charge in [0.05, 0.1) is 17.5 Å². The monoisotopic (exact) mass is 367 g/mol. The van der Waals surface area contributed by atoms with E-state index in [1.54, 1.807) is 36.8 Å². The number of nitrogens with one attached hydrogen (secondary N) is 1. The van der Waals surface area contributed by atoms with Gasteiger partial charge in [-0.05, 0) is 18.2 Å². The molecule has 0 aliphatic rings. The van der Waals surface area contributed by atoms with Crippen LogP contribution in [0.4, 0.5) is 5.82 Å². The normalized spacial score (nSPS) is 10.9. The first-order valence-corrected chi connectivity index (χ1v) is 8.71. The molecule has 28 heavy (non-hydrogen) atoms. The molecule has 0 saturated heterocycles. The second-order valence-electron chi connectivity index (χ2n) is 6.00.